The lowest BCUT2D eigenvalue weighted by molar-refractivity contribution is -0.117. The molecule has 1 aromatic rings. The van der Waals surface area contributed by atoms with Crippen LogP contribution in [0.4, 0.5) is 0 Å². The molecule has 3 unspecified atom stereocenters. The molecule has 6 atom stereocenters. The Kier molecular flexibility index (Phi) is 8.36. The van der Waals surface area contributed by atoms with Gasteiger partial charge in [-0.1, -0.05) is 0 Å². The van der Waals surface area contributed by atoms with Gasteiger partial charge in [-0.2, -0.15) is 8.62 Å². The molecule has 19 nitrogen and oxygen atoms in total. The van der Waals surface area contributed by atoms with Crippen molar-refractivity contribution in [2.75, 3.05) is 6.61 Å². The quantitative estimate of drug-likeness (QED) is 0.133. The van der Waals surface area contributed by atoms with E-state index in [9.17, 15) is 43.2 Å². The molecule has 0 bridgehead atoms. The molecule has 0 saturated carbocycles. The number of rotatable bonds is 10. The molecule has 1 aliphatic heterocycles. The van der Waals surface area contributed by atoms with Crippen LogP contribution in [-0.4, -0.2) is 70.2 Å². The number of phosphoric ester groups is 1. The third-order valence-electron chi connectivity index (χ3n) is 3.84. The summed E-state index contributed by atoms with van der Waals surface area (Å²) < 4.78 is 50.8. The number of carbonyl (C=O) groups is 1. The molecule has 2 heterocycles. The van der Waals surface area contributed by atoms with Crippen LogP contribution in [0.15, 0.2) is 15.8 Å². The molecule has 188 valence electrons. The molecule has 1 amide bonds. The van der Waals surface area contributed by atoms with Crippen LogP contribution >= 0.6 is 23.5 Å². The van der Waals surface area contributed by atoms with Crippen molar-refractivity contribution in [3.8, 4) is 0 Å². The molecule has 0 aliphatic carbocycles. The summed E-state index contributed by atoms with van der Waals surface area (Å²) in [5.74, 6) is -0.924. The predicted molar refractivity (Wildman–Crippen MR) is 100.0 cm³/mol. The van der Waals surface area contributed by atoms with E-state index in [1.165, 1.54) is 0 Å². The van der Waals surface area contributed by atoms with Crippen molar-refractivity contribution in [3.63, 3.8) is 0 Å². The van der Waals surface area contributed by atoms with Crippen molar-refractivity contribution < 1.29 is 66.2 Å². The highest BCUT2D eigenvalue weighted by molar-refractivity contribution is 7.66. The molecule has 1 aromatic heterocycles. The van der Waals surface area contributed by atoms with E-state index in [2.05, 4.69) is 13.1 Å². The van der Waals surface area contributed by atoms with E-state index in [1.807, 2.05) is 4.98 Å². The third-order valence-corrected chi connectivity index (χ3v) is 7.64. The van der Waals surface area contributed by atoms with Crippen molar-refractivity contribution in [2.24, 2.45) is 5.73 Å². The van der Waals surface area contributed by atoms with E-state index in [4.69, 9.17) is 25.2 Å². The van der Waals surface area contributed by atoms with E-state index < -0.39 is 78.2 Å². The maximum Gasteiger partial charge on any atom is 0.490 e. The zero-order valence-electron chi connectivity index (χ0n) is 15.9. The monoisotopic (exact) mass is 541 g/mol. The van der Waals surface area contributed by atoms with Crippen molar-refractivity contribution in [2.45, 2.75) is 31.0 Å². The number of ether oxygens (including phenoxy) is 1. The molecule has 22 heteroatoms. The summed E-state index contributed by atoms with van der Waals surface area (Å²) in [6.07, 6.45) is -6.91. The van der Waals surface area contributed by atoms with E-state index in [0.717, 1.165) is 6.20 Å². The highest BCUT2D eigenvalue weighted by Gasteiger charge is 2.46. The van der Waals surface area contributed by atoms with E-state index in [1.54, 1.807) is 0 Å². The smallest absolute Gasteiger partial charge is 0.387 e. The van der Waals surface area contributed by atoms with Gasteiger partial charge in [0.25, 0.3) is 5.56 Å². The number of aliphatic hydroxyl groups is 2. The average Bonchev–Trinajstić information content (AvgIpc) is 2.87. The Morgan fingerprint density at radius 3 is 2.24 bits per heavy atom. The lowest BCUT2D eigenvalue weighted by Gasteiger charge is -2.19. The van der Waals surface area contributed by atoms with Crippen LogP contribution in [0.1, 0.15) is 11.8 Å². The fraction of sp³-hybridized carbons (Fsp3) is 0.545. The van der Waals surface area contributed by atoms with Crippen LogP contribution in [0.25, 0.3) is 0 Å². The van der Waals surface area contributed by atoms with Crippen molar-refractivity contribution in [1.29, 1.82) is 0 Å². The minimum atomic E-state index is -5.78. The number of primary amides is 1. The second-order valence-electron chi connectivity index (χ2n) is 6.40. The third kappa shape index (κ3) is 7.73. The second kappa shape index (κ2) is 9.97. The number of nitrogens with two attached hydrogens (primary N) is 1. The molecule has 2 rings (SSSR count). The zero-order chi connectivity index (χ0) is 25.4. The van der Waals surface area contributed by atoms with Crippen LogP contribution in [0.2, 0.25) is 0 Å². The van der Waals surface area contributed by atoms with Gasteiger partial charge in [-0.05, 0) is 0 Å². The van der Waals surface area contributed by atoms with Crippen LogP contribution in [0.3, 0.4) is 0 Å². The van der Waals surface area contributed by atoms with Crippen molar-refractivity contribution in [3.05, 3.63) is 32.6 Å². The van der Waals surface area contributed by atoms with Gasteiger partial charge in [0.15, 0.2) is 6.23 Å². The Balaban J connectivity index is 2.15. The Hall–Kier alpha value is -1.56. The van der Waals surface area contributed by atoms with Crippen molar-refractivity contribution >= 4 is 29.4 Å². The zero-order valence-corrected chi connectivity index (χ0v) is 18.6. The summed E-state index contributed by atoms with van der Waals surface area (Å²) in [7, 11) is -16.9. The van der Waals surface area contributed by atoms with Gasteiger partial charge in [0.1, 0.15) is 18.3 Å². The number of aromatic amines is 1. The molecule has 0 spiro atoms. The van der Waals surface area contributed by atoms with Crippen LogP contribution in [0.5, 0.6) is 0 Å². The lowest BCUT2D eigenvalue weighted by Crippen LogP contribution is -2.39. The number of nitrogens with zero attached hydrogens (tertiary/aromatic N) is 1. The molecule has 0 aromatic carbocycles. The van der Waals surface area contributed by atoms with Crippen LogP contribution in [0, 0.1) is 0 Å². The number of amides is 1. The van der Waals surface area contributed by atoms with E-state index in [0.29, 0.717) is 4.57 Å². The summed E-state index contributed by atoms with van der Waals surface area (Å²) in [6, 6.07) is 0. The van der Waals surface area contributed by atoms with Gasteiger partial charge in [-0.15, -0.1) is 0 Å². The van der Waals surface area contributed by atoms with Crippen LogP contribution in [-0.2, 0) is 42.8 Å². The fourth-order valence-corrected chi connectivity index (χ4v) is 5.63. The maximum absolute atomic E-state index is 12.1. The van der Waals surface area contributed by atoms with Crippen molar-refractivity contribution in [1.82, 2.24) is 9.55 Å². The van der Waals surface area contributed by atoms with Gasteiger partial charge in [-0.25, -0.2) is 18.5 Å². The van der Waals surface area contributed by atoms with Gasteiger partial charge >= 0.3 is 29.2 Å². The summed E-state index contributed by atoms with van der Waals surface area (Å²) in [5.41, 5.74) is 2.63. The number of hydrogen-bond acceptors (Lipinski definition) is 12. The van der Waals surface area contributed by atoms with Gasteiger partial charge in [0.2, 0.25) is 5.91 Å². The first-order valence-corrected chi connectivity index (χ1v) is 12.9. The molecule has 9 N–H and O–H groups in total. The second-order valence-corrected chi connectivity index (χ2v) is 10.8. The Labute approximate surface area is 181 Å². The number of carbonyl (C=O) groups excluding carboxylic acids is 1. The number of hydrogen-bond donors (Lipinski definition) is 8. The number of aliphatic hydroxyl groups excluding tert-OH is 2. The number of H-pyrrole nitrogens is 1. The highest BCUT2D eigenvalue weighted by Crippen LogP contribution is 2.66. The summed E-state index contributed by atoms with van der Waals surface area (Å²) in [5, 5.41) is 20.2. The first kappa shape index (κ1) is 27.7. The summed E-state index contributed by atoms with van der Waals surface area (Å²) in [6.45, 7) is -1.12. The largest absolute Gasteiger partial charge is 0.490 e. The topological polar surface area (TPSA) is 307 Å². The van der Waals surface area contributed by atoms with Crippen LogP contribution < -0.4 is 17.0 Å². The Bertz CT molecular complexity index is 1160. The molecular weight excluding hydrogens is 523 g/mol. The summed E-state index contributed by atoms with van der Waals surface area (Å²) >= 11 is 0. The Morgan fingerprint density at radius 2 is 1.70 bits per heavy atom. The fourth-order valence-electron chi connectivity index (χ4n) is 2.60. The maximum atomic E-state index is 12.1. The van der Waals surface area contributed by atoms with Gasteiger partial charge < -0.3 is 40.3 Å². The molecule has 1 saturated heterocycles. The molecule has 0 radical (unpaired) electrons. The number of aromatic nitrogens is 2. The standard InChI is InChI=1S/C11H18N3O16P3/c12-6(15)1-4-2-14(11(19)13-9(4)18)10-8(17)7(16)5(28-10)3-27-32(23,24)30-33(25,26)29-31(20,21)22/h2,5,7-8,10,16-17H,1,3H2,(H2,12,15)(H,23,24)(H,25,26)(H,13,18,19)(H2,20,21,22)/t5-,7?,8+,10-/m1/s1. The SMILES string of the molecule is NC(=O)Cc1cn([C@@H]2O[C@H](COP(=O)(O)OP(=O)(O)OP(=O)(O)O)C(O)[C@@H]2O)c(=O)[nH]c1=O. The summed E-state index contributed by atoms with van der Waals surface area (Å²) in [4.78, 5) is 72.2. The number of phosphoric acid groups is 3. The van der Waals surface area contributed by atoms with E-state index in [-0.39, 0.29) is 5.56 Å². The molecule has 1 fully saturated rings. The first-order valence-electron chi connectivity index (χ1n) is 8.33. The lowest BCUT2D eigenvalue weighted by atomic mass is 10.1. The Morgan fingerprint density at radius 1 is 1.09 bits per heavy atom. The highest BCUT2D eigenvalue weighted by atomic mass is 31.3. The normalized spacial score (nSPS) is 27.1. The van der Waals surface area contributed by atoms with Gasteiger partial charge in [-0.3, -0.25) is 23.7 Å². The first-order chi connectivity index (χ1) is 14.9. The van der Waals surface area contributed by atoms with Gasteiger partial charge in [0, 0.05) is 11.8 Å². The molecular formula is C11H18N3O16P3. The molecule has 33 heavy (non-hydrogen) atoms. The minimum absolute atomic E-state index is 0.288. The minimum Gasteiger partial charge on any atom is -0.387 e. The average molecular weight is 541 g/mol. The molecule has 1 aliphatic rings. The number of nitrogens with one attached hydrogen (secondary N) is 1. The van der Waals surface area contributed by atoms with Gasteiger partial charge in [0.05, 0.1) is 13.0 Å². The predicted octanol–water partition coefficient (Wildman–Crippen LogP) is -3.47. The van der Waals surface area contributed by atoms with E-state index >= 15 is 0 Å².